The van der Waals surface area contributed by atoms with Crippen LogP contribution >= 0.6 is 47.8 Å². The Kier molecular flexibility index (Phi) is 4.10. The van der Waals surface area contributed by atoms with Gasteiger partial charge in [-0.05, 0) is 11.6 Å². The van der Waals surface area contributed by atoms with Crippen molar-refractivity contribution in [1.82, 2.24) is 0 Å². The van der Waals surface area contributed by atoms with Gasteiger partial charge >= 0.3 is 0 Å². The molecule has 3 heteroatoms. The van der Waals surface area contributed by atoms with E-state index in [1.165, 1.54) is 5.56 Å². The van der Waals surface area contributed by atoms with Crippen molar-refractivity contribution in [2.24, 2.45) is 0 Å². The second-order valence-electron chi connectivity index (χ2n) is 2.14. The molecule has 1 atom stereocenters. The van der Waals surface area contributed by atoms with Gasteiger partial charge in [-0.25, -0.2) is 0 Å². The van der Waals surface area contributed by atoms with Gasteiger partial charge in [0.05, 0.1) is 4.83 Å². The van der Waals surface area contributed by atoms with Crippen molar-refractivity contribution in [3.05, 3.63) is 34.3 Å². The molecule has 0 saturated carbocycles. The Labute approximate surface area is 91.8 Å². The van der Waals surface area contributed by atoms with Crippen molar-refractivity contribution in [2.75, 3.05) is 5.33 Å². The predicted molar refractivity (Wildman–Crippen MR) is 59.6 cm³/mol. The van der Waals surface area contributed by atoms with Crippen LogP contribution in [-0.2, 0) is 0 Å². The van der Waals surface area contributed by atoms with Gasteiger partial charge in [0.1, 0.15) is 0 Å². The van der Waals surface area contributed by atoms with Crippen LogP contribution in [-0.4, -0.2) is 5.33 Å². The zero-order valence-corrected chi connectivity index (χ0v) is 10.5. The summed E-state index contributed by atoms with van der Waals surface area (Å²) >= 11 is 10.5. The fourth-order valence-electron chi connectivity index (χ4n) is 0.812. The fraction of sp³-hybridized carbons (Fsp3) is 0.250. The SMILES string of the molecule is BrCC(Br)c1ccccc1Br. The van der Waals surface area contributed by atoms with Gasteiger partial charge in [0.15, 0.2) is 0 Å². The van der Waals surface area contributed by atoms with Gasteiger partial charge in [0.25, 0.3) is 0 Å². The Morgan fingerprint density at radius 1 is 1.27 bits per heavy atom. The molecule has 1 aromatic carbocycles. The van der Waals surface area contributed by atoms with E-state index in [1.54, 1.807) is 0 Å². The number of rotatable bonds is 2. The van der Waals surface area contributed by atoms with E-state index in [-0.39, 0.29) is 0 Å². The lowest BCUT2D eigenvalue weighted by Gasteiger charge is -2.07. The Morgan fingerprint density at radius 3 is 2.45 bits per heavy atom. The molecule has 0 nitrogen and oxygen atoms in total. The number of hydrogen-bond acceptors (Lipinski definition) is 0. The lowest BCUT2D eigenvalue weighted by atomic mass is 10.2. The summed E-state index contributed by atoms with van der Waals surface area (Å²) in [6.07, 6.45) is 0. The molecular weight excluding hydrogens is 336 g/mol. The van der Waals surface area contributed by atoms with Crippen molar-refractivity contribution >= 4 is 47.8 Å². The Bertz CT molecular complexity index is 235. The van der Waals surface area contributed by atoms with Crippen molar-refractivity contribution in [2.45, 2.75) is 4.83 Å². The summed E-state index contributed by atoms with van der Waals surface area (Å²) in [6.45, 7) is 0. The number of alkyl halides is 2. The summed E-state index contributed by atoms with van der Waals surface area (Å²) in [5.74, 6) is 0. The molecular formula is C8H7Br3. The number of halogens is 3. The van der Waals surface area contributed by atoms with E-state index in [0.29, 0.717) is 4.83 Å². The first kappa shape index (κ1) is 9.75. The molecule has 1 unspecified atom stereocenters. The molecule has 0 fully saturated rings. The van der Waals surface area contributed by atoms with Crippen LogP contribution in [0.2, 0.25) is 0 Å². The lowest BCUT2D eigenvalue weighted by Crippen LogP contribution is -1.90. The van der Waals surface area contributed by atoms with Gasteiger partial charge in [0, 0.05) is 9.80 Å². The van der Waals surface area contributed by atoms with Crippen LogP contribution < -0.4 is 0 Å². The Morgan fingerprint density at radius 2 is 1.91 bits per heavy atom. The van der Waals surface area contributed by atoms with Gasteiger partial charge in [-0.3, -0.25) is 0 Å². The van der Waals surface area contributed by atoms with Gasteiger partial charge in [-0.2, -0.15) is 0 Å². The van der Waals surface area contributed by atoms with Crippen molar-refractivity contribution in [3.8, 4) is 0 Å². The molecule has 0 aromatic heterocycles. The van der Waals surface area contributed by atoms with Crippen molar-refractivity contribution in [1.29, 1.82) is 0 Å². The molecule has 0 saturated heterocycles. The average Bonchev–Trinajstić information content (AvgIpc) is 2.04. The smallest absolute Gasteiger partial charge is 0.0503 e. The van der Waals surface area contributed by atoms with Crippen molar-refractivity contribution < 1.29 is 0 Å². The maximum Gasteiger partial charge on any atom is 0.0503 e. The van der Waals surface area contributed by atoms with E-state index < -0.39 is 0 Å². The monoisotopic (exact) mass is 340 g/mol. The third kappa shape index (κ3) is 2.56. The summed E-state index contributed by atoms with van der Waals surface area (Å²) in [7, 11) is 0. The normalized spacial score (nSPS) is 13.0. The minimum atomic E-state index is 0.387. The third-order valence-corrected chi connectivity index (χ3v) is 4.43. The molecule has 0 aliphatic rings. The predicted octanol–water partition coefficient (Wildman–Crippen LogP) is 4.28. The molecule has 0 bridgehead atoms. The highest BCUT2D eigenvalue weighted by molar-refractivity contribution is 9.12. The summed E-state index contributed by atoms with van der Waals surface area (Å²) in [5.41, 5.74) is 1.28. The van der Waals surface area contributed by atoms with E-state index in [9.17, 15) is 0 Å². The molecule has 0 radical (unpaired) electrons. The Balaban J connectivity index is 2.93. The van der Waals surface area contributed by atoms with Gasteiger partial charge < -0.3 is 0 Å². The lowest BCUT2D eigenvalue weighted by molar-refractivity contribution is 1.14. The van der Waals surface area contributed by atoms with E-state index in [2.05, 4.69) is 53.9 Å². The molecule has 0 heterocycles. The van der Waals surface area contributed by atoms with E-state index in [0.717, 1.165) is 9.80 Å². The zero-order chi connectivity index (χ0) is 8.27. The minimum Gasteiger partial charge on any atom is -0.0912 e. The van der Waals surface area contributed by atoms with Crippen molar-refractivity contribution in [3.63, 3.8) is 0 Å². The molecule has 1 rings (SSSR count). The van der Waals surface area contributed by atoms with Gasteiger partial charge in [0.2, 0.25) is 0 Å². The molecule has 0 N–H and O–H groups in total. The topological polar surface area (TPSA) is 0 Å². The Hall–Kier alpha value is 0.660. The highest BCUT2D eigenvalue weighted by Gasteiger charge is 2.07. The molecule has 60 valence electrons. The van der Waals surface area contributed by atoms with E-state index in [1.807, 2.05) is 18.2 Å². The highest BCUT2D eigenvalue weighted by Crippen LogP contribution is 2.30. The van der Waals surface area contributed by atoms with Crippen LogP contribution in [0.4, 0.5) is 0 Å². The molecule has 0 aliphatic carbocycles. The molecule has 11 heavy (non-hydrogen) atoms. The van der Waals surface area contributed by atoms with Gasteiger partial charge in [-0.15, -0.1) is 0 Å². The molecule has 0 amide bonds. The van der Waals surface area contributed by atoms with Crippen LogP contribution in [0.3, 0.4) is 0 Å². The standard InChI is InChI=1S/C8H7Br3/c9-5-8(11)6-3-1-2-4-7(6)10/h1-4,8H,5H2. The first-order valence-electron chi connectivity index (χ1n) is 3.20. The average molecular weight is 343 g/mol. The molecule has 0 aliphatic heterocycles. The molecule has 1 aromatic rings. The number of hydrogen-bond donors (Lipinski definition) is 0. The third-order valence-electron chi connectivity index (χ3n) is 1.38. The maximum absolute atomic E-state index is 3.56. The van der Waals surface area contributed by atoms with Crippen LogP contribution in [0.1, 0.15) is 10.4 Å². The first-order chi connectivity index (χ1) is 5.25. The van der Waals surface area contributed by atoms with E-state index in [4.69, 9.17) is 0 Å². The fourth-order valence-corrected chi connectivity index (χ4v) is 2.43. The maximum atomic E-state index is 3.56. The highest BCUT2D eigenvalue weighted by atomic mass is 79.9. The quantitative estimate of drug-likeness (QED) is 0.704. The summed E-state index contributed by atoms with van der Waals surface area (Å²) in [6, 6.07) is 8.20. The van der Waals surface area contributed by atoms with Gasteiger partial charge in [-0.1, -0.05) is 66.0 Å². The number of benzene rings is 1. The van der Waals surface area contributed by atoms with E-state index >= 15 is 0 Å². The minimum absolute atomic E-state index is 0.387. The zero-order valence-electron chi connectivity index (χ0n) is 5.73. The van der Waals surface area contributed by atoms with Crippen LogP contribution in [0.15, 0.2) is 28.7 Å². The van der Waals surface area contributed by atoms with Crippen LogP contribution in [0.25, 0.3) is 0 Å². The summed E-state index contributed by atoms with van der Waals surface area (Å²) in [5, 5.41) is 0.926. The summed E-state index contributed by atoms with van der Waals surface area (Å²) in [4.78, 5) is 0.387. The largest absolute Gasteiger partial charge is 0.0912 e. The summed E-state index contributed by atoms with van der Waals surface area (Å²) < 4.78 is 1.15. The molecule has 0 spiro atoms. The second kappa shape index (κ2) is 4.63. The van der Waals surface area contributed by atoms with Crippen LogP contribution in [0.5, 0.6) is 0 Å². The second-order valence-corrected chi connectivity index (χ2v) is 4.75. The first-order valence-corrected chi connectivity index (χ1v) is 6.03. The van der Waals surface area contributed by atoms with Crippen LogP contribution in [0, 0.1) is 0 Å².